The van der Waals surface area contributed by atoms with Crippen LogP contribution in [0.1, 0.15) is 19.4 Å². The summed E-state index contributed by atoms with van der Waals surface area (Å²) in [5.41, 5.74) is -0.136. The van der Waals surface area contributed by atoms with Crippen molar-refractivity contribution < 1.29 is 24.2 Å². The van der Waals surface area contributed by atoms with Gasteiger partial charge in [-0.3, -0.25) is 4.79 Å². The summed E-state index contributed by atoms with van der Waals surface area (Å²) >= 11 is 0. The lowest BCUT2D eigenvalue weighted by atomic mass is 9.94. The average molecular weight is 294 g/mol. The molecule has 1 aromatic carbocycles. The van der Waals surface area contributed by atoms with Gasteiger partial charge in [-0.2, -0.15) is 0 Å². The first kappa shape index (κ1) is 15.0. The molecular weight excluding hydrogens is 276 g/mol. The molecule has 0 aromatic heterocycles. The molecule has 0 radical (unpaired) electrons. The normalized spacial score (nSPS) is 12.9. The third-order valence-corrected chi connectivity index (χ3v) is 3.16. The Hall–Kier alpha value is -2.44. The van der Waals surface area contributed by atoms with Gasteiger partial charge in [0.1, 0.15) is 0 Å². The van der Waals surface area contributed by atoms with E-state index in [2.05, 4.69) is 10.6 Å². The van der Waals surface area contributed by atoms with Gasteiger partial charge >= 0.3 is 12.0 Å². The van der Waals surface area contributed by atoms with Crippen LogP contribution in [0.5, 0.6) is 11.5 Å². The van der Waals surface area contributed by atoms with E-state index in [0.717, 1.165) is 5.56 Å². The predicted octanol–water partition coefficient (Wildman–Crippen LogP) is 1.33. The largest absolute Gasteiger partial charge is 0.481 e. The fourth-order valence-corrected chi connectivity index (χ4v) is 1.67. The highest BCUT2D eigenvalue weighted by Gasteiger charge is 2.27. The number of hydrogen-bond donors (Lipinski definition) is 3. The molecule has 0 fully saturated rings. The third-order valence-electron chi connectivity index (χ3n) is 3.16. The fraction of sp³-hybridized carbons (Fsp3) is 0.429. The number of rotatable bonds is 5. The van der Waals surface area contributed by atoms with Gasteiger partial charge in [0.15, 0.2) is 11.5 Å². The Morgan fingerprint density at radius 1 is 1.24 bits per heavy atom. The second kappa shape index (κ2) is 5.90. The van der Waals surface area contributed by atoms with Crippen LogP contribution in [0.15, 0.2) is 18.2 Å². The summed E-state index contributed by atoms with van der Waals surface area (Å²) in [6, 6.07) is 4.99. The van der Waals surface area contributed by atoms with Gasteiger partial charge in [0.25, 0.3) is 0 Å². The van der Waals surface area contributed by atoms with Crippen LogP contribution in [0.4, 0.5) is 4.79 Å². The number of ether oxygens (including phenoxy) is 2. The minimum atomic E-state index is -1.00. The van der Waals surface area contributed by atoms with E-state index < -0.39 is 17.4 Å². The van der Waals surface area contributed by atoms with Gasteiger partial charge in [0.2, 0.25) is 6.79 Å². The molecule has 3 N–H and O–H groups in total. The number of amides is 2. The van der Waals surface area contributed by atoms with E-state index in [9.17, 15) is 9.59 Å². The van der Waals surface area contributed by atoms with Crippen LogP contribution in [0, 0.1) is 5.41 Å². The molecule has 0 spiro atoms. The van der Waals surface area contributed by atoms with Crippen molar-refractivity contribution in [1.29, 1.82) is 0 Å². The molecular formula is C14H18N2O5. The van der Waals surface area contributed by atoms with Crippen molar-refractivity contribution in [2.45, 2.75) is 20.4 Å². The monoisotopic (exact) mass is 294 g/mol. The van der Waals surface area contributed by atoms with E-state index in [4.69, 9.17) is 14.6 Å². The molecule has 114 valence electrons. The molecule has 0 bridgehead atoms. The summed E-state index contributed by atoms with van der Waals surface area (Å²) in [6.45, 7) is 3.67. The second-order valence-electron chi connectivity index (χ2n) is 5.41. The molecule has 0 atom stereocenters. The Kier molecular flexibility index (Phi) is 4.21. The molecule has 2 rings (SSSR count). The van der Waals surface area contributed by atoms with Crippen LogP contribution in [0.3, 0.4) is 0 Å². The van der Waals surface area contributed by atoms with Crippen LogP contribution in [0.2, 0.25) is 0 Å². The fourth-order valence-electron chi connectivity index (χ4n) is 1.67. The number of benzene rings is 1. The molecule has 7 nitrogen and oxygen atoms in total. The Morgan fingerprint density at radius 3 is 2.67 bits per heavy atom. The third kappa shape index (κ3) is 3.77. The zero-order chi connectivity index (χ0) is 15.5. The number of urea groups is 1. The number of nitrogens with one attached hydrogen (secondary N) is 2. The summed E-state index contributed by atoms with van der Waals surface area (Å²) in [4.78, 5) is 22.6. The highest BCUT2D eigenvalue weighted by Crippen LogP contribution is 2.32. The van der Waals surface area contributed by atoms with Gasteiger partial charge in [0, 0.05) is 13.1 Å². The Bertz CT molecular complexity index is 556. The first-order chi connectivity index (χ1) is 9.88. The number of carbonyl (C=O) groups excluding carboxylic acids is 1. The molecule has 1 aromatic rings. The van der Waals surface area contributed by atoms with Gasteiger partial charge in [0.05, 0.1) is 5.41 Å². The van der Waals surface area contributed by atoms with Gasteiger partial charge in [-0.15, -0.1) is 0 Å². The van der Waals surface area contributed by atoms with Crippen molar-refractivity contribution in [2.75, 3.05) is 13.3 Å². The van der Waals surface area contributed by atoms with Gasteiger partial charge in [-0.25, -0.2) is 4.79 Å². The molecule has 0 saturated heterocycles. The lowest BCUT2D eigenvalue weighted by Crippen LogP contribution is -2.43. The van der Waals surface area contributed by atoms with Crippen LogP contribution in [-0.2, 0) is 11.3 Å². The van der Waals surface area contributed by atoms with E-state index in [-0.39, 0.29) is 13.3 Å². The highest BCUT2D eigenvalue weighted by atomic mass is 16.7. The zero-order valence-corrected chi connectivity index (χ0v) is 11.9. The van der Waals surface area contributed by atoms with Crippen molar-refractivity contribution in [3.63, 3.8) is 0 Å². The number of carbonyl (C=O) groups is 2. The minimum absolute atomic E-state index is 0.0509. The first-order valence-corrected chi connectivity index (χ1v) is 6.52. The number of hydrogen-bond acceptors (Lipinski definition) is 4. The van der Waals surface area contributed by atoms with Crippen LogP contribution in [-0.4, -0.2) is 30.4 Å². The predicted molar refractivity (Wildman–Crippen MR) is 74.2 cm³/mol. The van der Waals surface area contributed by atoms with Crippen molar-refractivity contribution >= 4 is 12.0 Å². The molecule has 7 heteroatoms. The summed E-state index contributed by atoms with van der Waals surface area (Å²) in [5.74, 6) is 0.381. The number of carboxylic acid groups (broad SMARTS) is 1. The average Bonchev–Trinajstić information content (AvgIpc) is 2.90. The Morgan fingerprint density at radius 2 is 1.95 bits per heavy atom. The smallest absolute Gasteiger partial charge is 0.315 e. The topological polar surface area (TPSA) is 96.9 Å². The summed E-state index contributed by atoms with van der Waals surface area (Å²) < 4.78 is 10.4. The number of carboxylic acids is 1. The maximum absolute atomic E-state index is 11.6. The van der Waals surface area contributed by atoms with Gasteiger partial charge in [-0.05, 0) is 31.5 Å². The van der Waals surface area contributed by atoms with Crippen molar-refractivity contribution in [1.82, 2.24) is 10.6 Å². The van der Waals surface area contributed by atoms with Crippen molar-refractivity contribution in [2.24, 2.45) is 5.41 Å². The molecule has 0 unspecified atom stereocenters. The lowest BCUT2D eigenvalue weighted by molar-refractivity contribution is -0.146. The van der Waals surface area contributed by atoms with E-state index in [1.54, 1.807) is 26.0 Å². The lowest BCUT2D eigenvalue weighted by Gasteiger charge is -2.19. The Labute approximate surface area is 122 Å². The minimum Gasteiger partial charge on any atom is -0.481 e. The molecule has 1 aliphatic heterocycles. The molecule has 0 saturated carbocycles. The summed E-state index contributed by atoms with van der Waals surface area (Å²) in [5, 5.41) is 14.2. The number of aliphatic carboxylic acids is 1. The molecule has 21 heavy (non-hydrogen) atoms. The second-order valence-corrected chi connectivity index (χ2v) is 5.41. The maximum atomic E-state index is 11.6. The summed E-state index contributed by atoms with van der Waals surface area (Å²) in [7, 11) is 0. The van der Waals surface area contributed by atoms with Crippen LogP contribution >= 0.6 is 0 Å². The molecule has 2 amide bonds. The van der Waals surface area contributed by atoms with Crippen LogP contribution < -0.4 is 20.1 Å². The standard InChI is InChI=1S/C14H18N2O5/c1-14(2,12(17)18)7-16-13(19)15-6-9-3-4-10-11(5-9)21-8-20-10/h3-5H,6-8H2,1-2H3,(H,17,18)(H2,15,16,19). The van der Waals surface area contributed by atoms with Crippen LogP contribution in [0.25, 0.3) is 0 Å². The quantitative estimate of drug-likeness (QED) is 0.761. The van der Waals surface area contributed by atoms with E-state index in [1.165, 1.54) is 0 Å². The van der Waals surface area contributed by atoms with Crippen molar-refractivity contribution in [3.05, 3.63) is 23.8 Å². The highest BCUT2D eigenvalue weighted by molar-refractivity contribution is 5.77. The summed E-state index contributed by atoms with van der Waals surface area (Å²) in [6.07, 6.45) is 0. The molecule has 1 heterocycles. The molecule has 1 aliphatic rings. The van der Waals surface area contributed by atoms with Gasteiger partial charge < -0.3 is 25.2 Å². The van der Waals surface area contributed by atoms with E-state index in [0.29, 0.717) is 18.0 Å². The number of fused-ring (bicyclic) bond motifs is 1. The maximum Gasteiger partial charge on any atom is 0.315 e. The zero-order valence-electron chi connectivity index (χ0n) is 11.9. The molecule has 0 aliphatic carbocycles. The van der Waals surface area contributed by atoms with Gasteiger partial charge in [-0.1, -0.05) is 6.07 Å². The van der Waals surface area contributed by atoms with E-state index >= 15 is 0 Å². The Balaban J connectivity index is 1.80. The first-order valence-electron chi connectivity index (χ1n) is 6.52. The SMILES string of the molecule is CC(C)(CNC(=O)NCc1ccc2c(c1)OCO2)C(=O)O. The van der Waals surface area contributed by atoms with Crippen molar-refractivity contribution in [3.8, 4) is 11.5 Å². The van der Waals surface area contributed by atoms with E-state index in [1.807, 2.05) is 6.07 Å².